The third-order valence-electron chi connectivity index (χ3n) is 2.94. The third kappa shape index (κ3) is 3.09. The van der Waals surface area contributed by atoms with E-state index >= 15 is 0 Å². The molecule has 1 aliphatic heterocycles. The van der Waals surface area contributed by atoms with Crippen molar-refractivity contribution in [2.45, 2.75) is 11.2 Å². The van der Waals surface area contributed by atoms with Crippen molar-refractivity contribution in [2.24, 2.45) is 5.92 Å². The van der Waals surface area contributed by atoms with E-state index in [0.29, 0.717) is 10.9 Å². The molecule has 0 N–H and O–H groups in total. The van der Waals surface area contributed by atoms with Crippen molar-refractivity contribution >= 4 is 41.7 Å². The standard InChI is InChI=1S/C11H11Br2FO2S/c12-10-5-8(14)1-2-9(10)11(13)7-3-4-17(15,16)6-7/h1-2,5,7,11H,3-4,6H2. The Kier molecular flexibility index (Phi) is 3.95. The zero-order chi connectivity index (χ0) is 12.6. The minimum Gasteiger partial charge on any atom is -0.229 e. The largest absolute Gasteiger partial charge is 0.229 e. The van der Waals surface area contributed by atoms with Gasteiger partial charge in [0.15, 0.2) is 9.84 Å². The number of benzene rings is 1. The monoisotopic (exact) mass is 384 g/mol. The van der Waals surface area contributed by atoms with Crippen molar-refractivity contribution in [3.63, 3.8) is 0 Å². The number of sulfone groups is 1. The number of rotatable bonds is 2. The lowest BCUT2D eigenvalue weighted by Gasteiger charge is -2.17. The zero-order valence-corrected chi connectivity index (χ0v) is 12.9. The van der Waals surface area contributed by atoms with Crippen molar-refractivity contribution in [1.29, 1.82) is 0 Å². The van der Waals surface area contributed by atoms with Crippen molar-refractivity contribution in [1.82, 2.24) is 0 Å². The Balaban J connectivity index is 2.23. The molecule has 0 aromatic heterocycles. The van der Waals surface area contributed by atoms with E-state index < -0.39 is 9.84 Å². The molecule has 0 amide bonds. The molecule has 1 aromatic rings. The van der Waals surface area contributed by atoms with E-state index in [9.17, 15) is 12.8 Å². The van der Waals surface area contributed by atoms with Crippen LogP contribution in [0.25, 0.3) is 0 Å². The molecule has 0 aliphatic carbocycles. The van der Waals surface area contributed by atoms with Crippen LogP contribution >= 0.6 is 31.9 Å². The smallest absolute Gasteiger partial charge is 0.150 e. The first-order chi connectivity index (χ1) is 7.89. The van der Waals surface area contributed by atoms with Crippen LogP contribution in [-0.2, 0) is 9.84 Å². The summed E-state index contributed by atoms with van der Waals surface area (Å²) in [5, 5.41) is 0. The molecular weight excluding hydrogens is 375 g/mol. The van der Waals surface area contributed by atoms with E-state index in [4.69, 9.17) is 0 Å². The number of halogens is 3. The topological polar surface area (TPSA) is 34.1 Å². The fraction of sp³-hybridized carbons (Fsp3) is 0.455. The number of hydrogen-bond acceptors (Lipinski definition) is 2. The first kappa shape index (κ1) is 13.5. The first-order valence-corrected chi connectivity index (χ1v) is 8.71. The minimum absolute atomic E-state index is 0.0572. The highest BCUT2D eigenvalue weighted by Crippen LogP contribution is 2.40. The van der Waals surface area contributed by atoms with Crippen LogP contribution in [0.2, 0.25) is 0 Å². The van der Waals surface area contributed by atoms with Crippen LogP contribution in [0.15, 0.2) is 22.7 Å². The molecule has 1 saturated heterocycles. The van der Waals surface area contributed by atoms with Crippen LogP contribution in [0.1, 0.15) is 16.8 Å². The van der Waals surface area contributed by atoms with E-state index in [0.717, 1.165) is 5.56 Å². The Morgan fingerprint density at radius 3 is 2.65 bits per heavy atom. The molecule has 6 heteroatoms. The summed E-state index contributed by atoms with van der Waals surface area (Å²) in [5.74, 6) is 0.201. The Morgan fingerprint density at radius 2 is 2.12 bits per heavy atom. The predicted octanol–water partition coefficient (Wildman–Crippen LogP) is 3.46. The Morgan fingerprint density at radius 1 is 1.41 bits per heavy atom. The molecule has 1 aliphatic rings. The zero-order valence-electron chi connectivity index (χ0n) is 8.87. The van der Waals surface area contributed by atoms with Crippen molar-refractivity contribution < 1.29 is 12.8 Å². The Hall–Kier alpha value is 0.0600. The molecule has 0 saturated carbocycles. The summed E-state index contributed by atoms with van der Waals surface area (Å²) in [6.07, 6.45) is 0.655. The van der Waals surface area contributed by atoms with Gasteiger partial charge >= 0.3 is 0 Å². The molecule has 0 bridgehead atoms. The van der Waals surface area contributed by atoms with Gasteiger partial charge in [-0.15, -0.1) is 0 Å². The molecule has 94 valence electrons. The van der Waals surface area contributed by atoms with Crippen LogP contribution in [0.5, 0.6) is 0 Å². The summed E-state index contributed by atoms with van der Waals surface area (Å²) >= 11 is 6.83. The average Bonchev–Trinajstić information content (AvgIpc) is 2.58. The highest BCUT2D eigenvalue weighted by atomic mass is 79.9. The maximum Gasteiger partial charge on any atom is 0.150 e. The lowest BCUT2D eigenvalue weighted by Crippen LogP contribution is -2.10. The fourth-order valence-electron chi connectivity index (χ4n) is 2.03. The van der Waals surface area contributed by atoms with Gasteiger partial charge in [0.25, 0.3) is 0 Å². The molecule has 1 heterocycles. The quantitative estimate of drug-likeness (QED) is 0.730. The van der Waals surface area contributed by atoms with Gasteiger partial charge in [-0.05, 0) is 30.0 Å². The highest BCUT2D eigenvalue weighted by molar-refractivity contribution is 9.11. The lowest BCUT2D eigenvalue weighted by molar-refractivity contribution is 0.576. The van der Waals surface area contributed by atoms with E-state index in [2.05, 4.69) is 31.9 Å². The fourth-order valence-corrected chi connectivity index (χ4v) is 5.88. The highest BCUT2D eigenvalue weighted by Gasteiger charge is 2.33. The van der Waals surface area contributed by atoms with Crippen LogP contribution in [-0.4, -0.2) is 19.9 Å². The molecular formula is C11H11Br2FO2S. The van der Waals surface area contributed by atoms with Crippen molar-refractivity contribution in [3.05, 3.63) is 34.1 Å². The molecule has 2 atom stereocenters. The van der Waals surface area contributed by atoms with Crippen LogP contribution in [0.4, 0.5) is 4.39 Å². The second-order valence-corrected chi connectivity index (χ2v) is 8.30. The second kappa shape index (κ2) is 4.97. The minimum atomic E-state index is -2.89. The van der Waals surface area contributed by atoms with Gasteiger partial charge in [-0.3, -0.25) is 0 Å². The maximum atomic E-state index is 13.0. The average molecular weight is 386 g/mol. The summed E-state index contributed by atoms with van der Waals surface area (Å²) in [6.45, 7) is 0. The van der Waals surface area contributed by atoms with Gasteiger partial charge in [-0.1, -0.05) is 37.9 Å². The van der Waals surface area contributed by atoms with E-state index in [1.54, 1.807) is 6.07 Å². The summed E-state index contributed by atoms with van der Waals surface area (Å²) < 4.78 is 36.5. The Labute approximate surface area is 117 Å². The summed E-state index contributed by atoms with van der Waals surface area (Å²) in [5.41, 5.74) is 0.897. The van der Waals surface area contributed by atoms with Gasteiger partial charge in [0.05, 0.1) is 11.5 Å². The van der Waals surface area contributed by atoms with E-state index in [1.807, 2.05) is 0 Å². The SMILES string of the molecule is O=S1(=O)CCC(C(Br)c2ccc(F)cc2Br)C1. The maximum absolute atomic E-state index is 13.0. The normalized spacial score (nSPS) is 24.8. The van der Waals surface area contributed by atoms with Crippen LogP contribution in [0.3, 0.4) is 0 Å². The van der Waals surface area contributed by atoms with E-state index in [-0.39, 0.29) is 28.1 Å². The number of alkyl halides is 1. The van der Waals surface area contributed by atoms with Gasteiger partial charge in [-0.25, -0.2) is 12.8 Å². The molecule has 0 radical (unpaired) electrons. The summed E-state index contributed by atoms with van der Waals surface area (Å²) in [4.78, 5) is -0.0604. The molecule has 2 rings (SSSR count). The van der Waals surface area contributed by atoms with Gasteiger partial charge in [0.2, 0.25) is 0 Å². The first-order valence-electron chi connectivity index (χ1n) is 5.18. The number of hydrogen-bond donors (Lipinski definition) is 0. The van der Waals surface area contributed by atoms with Crippen molar-refractivity contribution in [3.8, 4) is 0 Å². The van der Waals surface area contributed by atoms with Crippen LogP contribution < -0.4 is 0 Å². The molecule has 1 aromatic carbocycles. The predicted molar refractivity (Wildman–Crippen MR) is 72.5 cm³/mol. The molecule has 2 unspecified atom stereocenters. The molecule has 1 fully saturated rings. The van der Waals surface area contributed by atoms with Gasteiger partial charge in [0, 0.05) is 9.30 Å². The second-order valence-electron chi connectivity index (χ2n) is 4.23. The Bertz CT molecular complexity index is 530. The molecule has 2 nitrogen and oxygen atoms in total. The van der Waals surface area contributed by atoms with E-state index in [1.165, 1.54) is 12.1 Å². The molecule has 17 heavy (non-hydrogen) atoms. The van der Waals surface area contributed by atoms with Crippen LogP contribution in [0, 0.1) is 11.7 Å². The van der Waals surface area contributed by atoms with Gasteiger partial charge in [0.1, 0.15) is 5.82 Å². The lowest BCUT2D eigenvalue weighted by atomic mass is 9.99. The molecule has 0 spiro atoms. The summed E-state index contributed by atoms with van der Waals surface area (Å²) in [6, 6.07) is 4.47. The summed E-state index contributed by atoms with van der Waals surface area (Å²) in [7, 11) is -2.89. The van der Waals surface area contributed by atoms with Crippen molar-refractivity contribution in [2.75, 3.05) is 11.5 Å². The van der Waals surface area contributed by atoms with Gasteiger partial charge in [-0.2, -0.15) is 0 Å². The van der Waals surface area contributed by atoms with Gasteiger partial charge < -0.3 is 0 Å². The third-order valence-corrected chi connectivity index (χ3v) is 6.66.